The van der Waals surface area contributed by atoms with E-state index in [9.17, 15) is 0 Å². The lowest BCUT2D eigenvalue weighted by molar-refractivity contribution is 0.877. The number of anilines is 1. The Labute approximate surface area is 133 Å². The van der Waals surface area contributed by atoms with Gasteiger partial charge in [0.25, 0.3) is 0 Å². The highest BCUT2D eigenvalue weighted by Crippen LogP contribution is 2.27. The molecule has 108 valence electrons. The first-order chi connectivity index (χ1) is 10.7. The smallest absolute Gasteiger partial charge is 0.143 e. The topological polar surface area (TPSA) is 61.6 Å². The van der Waals surface area contributed by atoms with Gasteiger partial charge < -0.3 is 5.32 Å². The molecule has 4 nitrogen and oxygen atoms in total. The van der Waals surface area contributed by atoms with E-state index < -0.39 is 0 Å². The lowest BCUT2D eigenvalue weighted by Gasteiger charge is -2.16. The summed E-state index contributed by atoms with van der Waals surface area (Å²) in [5.74, 6) is 0.634. The Morgan fingerprint density at radius 2 is 2.00 bits per heavy atom. The van der Waals surface area contributed by atoms with E-state index in [0.717, 1.165) is 16.3 Å². The minimum Gasteiger partial charge on any atom is -0.363 e. The summed E-state index contributed by atoms with van der Waals surface area (Å²) in [7, 11) is 0. The molecular weight excluding hydrogens is 296 g/mol. The van der Waals surface area contributed by atoms with Gasteiger partial charge in [0, 0.05) is 23.0 Å². The highest BCUT2D eigenvalue weighted by atomic mass is 35.5. The Hall–Kier alpha value is -2.64. The number of pyridine rings is 2. The summed E-state index contributed by atoms with van der Waals surface area (Å²) in [5.41, 5.74) is 1.49. The van der Waals surface area contributed by atoms with Crippen LogP contribution in [0.5, 0.6) is 0 Å². The van der Waals surface area contributed by atoms with Crippen LogP contribution in [-0.4, -0.2) is 9.97 Å². The average molecular weight is 309 g/mol. The van der Waals surface area contributed by atoms with Crippen molar-refractivity contribution in [3.8, 4) is 6.07 Å². The molecule has 3 aromatic rings. The van der Waals surface area contributed by atoms with Crippen molar-refractivity contribution in [3.05, 3.63) is 65.1 Å². The van der Waals surface area contributed by atoms with E-state index >= 15 is 0 Å². The van der Waals surface area contributed by atoms with Crippen LogP contribution in [0, 0.1) is 11.3 Å². The second-order valence-corrected chi connectivity index (χ2v) is 5.36. The van der Waals surface area contributed by atoms with Gasteiger partial charge in [0.2, 0.25) is 0 Å². The molecule has 2 heterocycles. The lowest BCUT2D eigenvalue weighted by atomic mass is 10.1. The molecule has 0 aliphatic rings. The van der Waals surface area contributed by atoms with Crippen LogP contribution in [0.15, 0.2) is 48.7 Å². The fourth-order valence-corrected chi connectivity index (χ4v) is 2.48. The van der Waals surface area contributed by atoms with E-state index in [-0.39, 0.29) is 6.04 Å². The number of nitriles is 1. The predicted molar refractivity (Wildman–Crippen MR) is 87.7 cm³/mol. The monoisotopic (exact) mass is 308 g/mol. The minimum absolute atomic E-state index is 0.0535. The van der Waals surface area contributed by atoms with Gasteiger partial charge >= 0.3 is 0 Å². The third-order valence-electron chi connectivity index (χ3n) is 3.45. The number of nitrogens with one attached hydrogen (secondary N) is 1. The number of hydrogen-bond acceptors (Lipinski definition) is 4. The maximum Gasteiger partial charge on any atom is 0.143 e. The van der Waals surface area contributed by atoms with Gasteiger partial charge in [-0.3, -0.25) is 0 Å². The predicted octanol–water partition coefficient (Wildman–Crippen LogP) is 4.33. The number of benzene rings is 1. The van der Waals surface area contributed by atoms with E-state index in [1.807, 2.05) is 37.3 Å². The number of fused-ring (bicyclic) bond motifs is 1. The Balaban J connectivity index is 2.05. The Morgan fingerprint density at radius 3 is 2.73 bits per heavy atom. The molecule has 1 N–H and O–H groups in total. The van der Waals surface area contributed by atoms with E-state index in [1.165, 1.54) is 0 Å². The first-order valence-corrected chi connectivity index (χ1v) is 7.23. The number of aromatic nitrogens is 2. The SMILES string of the molecule is CC(Nc1nc(C#N)cc2cnc(Cl)cc12)c1ccccc1. The molecule has 0 aliphatic carbocycles. The minimum atomic E-state index is 0.0535. The van der Waals surface area contributed by atoms with Crippen molar-refractivity contribution < 1.29 is 0 Å². The van der Waals surface area contributed by atoms with Gasteiger partial charge in [-0.2, -0.15) is 5.26 Å². The number of nitrogens with zero attached hydrogens (tertiary/aromatic N) is 3. The van der Waals surface area contributed by atoms with Crippen LogP contribution in [-0.2, 0) is 0 Å². The summed E-state index contributed by atoms with van der Waals surface area (Å²) in [6.45, 7) is 2.05. The lowest BCUT2D eigenvalue weighted by Crippen LogP contribution is -2.09. The molecule has 0 saturated carbocycles. The molecule has 0 bridgehead atoms. The summed E-state index contributed by atoms with van der Waals surface area (Å²) >= 11 is 5.99. The van der Waals surface area contributed by atoms with E-state index in [1.54, 1.807) is 18.3 Å². The van der Waals surface area contributed by atoms with Gasteiger partial charge in [0.05, 0.1) is 0 Å². The highest BCUT2D eigenvalue weighted by Gasteiger charge is 2.11. The van der Waals surface area contributed by atoms with Gasteiger partial charge in [0.1, 0.15) is 22.7 Å². The molecule has 2 aromatic heterocycles. The molecule has 1 atom stereocenters. The van der Waals surface area contributed by atoms with Gasteiger partial charge in [-0.15, -0.1) is 0 Å². The van der Waals surface area contributed by atoms with Crippen molar-refractivity contribution in [1.82, 2.24) is 9.97 Å². The molecule has 5 heteroatoms. The first kappa shape index (κ1) is 14.3. The first-order valence-electron chi connectivity index (χ1n) is 6.85. The summed E-state index contributed by atoms with van der Waals surface area (Å²) < 4.78 is 0. The zero-order valence-electron chi connectivity index (χ0n) is 11.9. The van der Waals surface area contributed by atoms with Crippen molar-refractivity contribution >= 4 is 28.2 Å². The van der Waals surface area contributed by atoms with Crippen molar-refractivity contribution in [2.75, 3.05) is 5.32 Å². The molecule has 0 radical (unpaired) electrons. The normalized spacial score (nSPS) is 11.9. The van der Waals surface area contributed by atoms with Crippen LogP contribution in [0.3, 0.4) is 0 Å². The van der Waals surface area contributed by atoms with Gasteiger partial charge in [-0.1, -0.05) is 41.9 Å². The zero-order valence-corrected chi connectivity index (χ0v) is 12.7. The second kappa shape index (κ2) is 6.00. The molecule has 0 spiro atoms. The Kier molecular flexibility index (Phi) is 3.90. The summed E-state index contributed by atoms with van der Waals surface area (Å²) in [5, 5.41) is 14.6. The molecule has 0 aliphatic heterocycles. The van der Waals surface area contributed by atoms with E-state index in [0.29, 0.717) is 16.7 Å². The molecule has 22 heavy (non-hydrogen) atoms. The van der Waals surface area contributed by atoms with Crippen molar-refractivity contribution in [2.45, 2.75) is 13.0 Å². The number of hydrogen-bond donors (Lipinski definition) is 1. The largest absolute Gasteiger partial charge is 0.363 e. The molecule has 1 aromatic carbocycles. The van der Waals surface area contributed by atoms with Crippen LogP contribution in [0.2, 0.25) is 5.15 Å². The van der Waals surface area contributed by atoms with Gasteiger partial charge in [0.15, 0.2) is 0 Å². The third-order valence-corrected chi connectivity index (χ3v) is 3.66. The van der Waals surface area contributed by atoms with Gasteiger partial charge in [-0.25, -0.2) is 9.97 Å². The average Bonchev–Trinajstić information content (AvgIpc) is 2.55. The molecule has 1 unspecified atom stereocenters. The van der Waals surface area contributed by atoms with Crippen molar-refractivity contribution in [3.63, 3.8) is 0 Å². The summed E-state index contributed by atoms with van der Waals surface area (Å²) in [6.07, 6.45) is 1.65. The molecule has 0 fully saturated rings. The van der Waals surface area contributed by atoms with Crippen LogP contribution >= 0.6 is 11.6 Å². The molecular formula is C17H13ClN4. The van der Waals surface area contributed by atoms with Crippen LogP contribution in [0.4, 0.5) is 5.82 Å². The van der Waals surface area contributed by atoms with Crippen LogP contribution in [0.1, 0.15) is 24.2 Å². The standard InChI is InChI=1S/C17H13ClN4/c1-11(12-5-3-2-4-6-12)21-17-15-8-16(18)20-10-13(15)7-14(9-19)22-17/h2-8,10-11H,1H3,(H,21,22). The van der Waals surface area contributed by atoms with Gasteiger partial charge in [-0.05, 0) is 24.6 Å². The number of rotatable bonds is 3. The quantitative estimate of drug-likeness (QED) is 0.732. The second-order valence-electron chi connectivity index (χ2n) is 4.97. The summed E-state index contributed by atoms with van der Waals surface area (Å²) in [6, 6.07) is 15.6. The molecule has 3 rings (SSSR count). The van der Waals surface area contributed by atoms with Crippen LogP contribution in [0.25, 0.3) is 10.8 Å². The fraction of sp³-hybridized carbons (Fsp3) is 0.118. The van der Waals surface area contributed by atoms with Crippen molar-refractivity contribution in [2.24, 2.45) is 0 Å². The van der Waals surface area contributed by atoms with E-state index in [2.05, 4.69) is 21.4 Å². The number of halogens is 1. The fourth-order valence-electron chi connectivity index (χ4n) is 2.32. The van der Waals surface area contributed by atoms with E-state index in [4.69, 9.17) is 16.9 Å². The molecule has 0 saturated heterocycles. The maximum atomic E-state index is 9.14. The maximum absolute atomic E-state index is 9.14. The zero-order chi connectivity index (χ0) is 15.5. The van der Waals surface area contributed by atoms with Crippen LogP contribution < -0.4 is 5.32 Å². The molecule has 0 amide bonds. The Bertz CT molecular complexity index is 856. The summed E-state index contributed by atoms with van der Waals surface area (Å²) in [4.78, 5) is 8.43. The highest BCUT2D eigenvalue weighted by molar-refractivity contribution is 6.30. The van der Waals surface area contributed by atoms with Crippen molar-refractivity contribution in [1.29, 1.82) is 5.26 Å². The third kappa shape index (κ3) is 2.85. The Morgan fingerprint density at radius 1 is 1.23 bits per heavy atom.